The summed E-state index contributed by atoms with van der Waals surface area (Å²) in [5.41, 5.74) is 1.62. The largest absolute Gasteiger partial charge is 3.00 e. The molecule has 6 rings (SSSR count). The molecule has 0 N–H and O–H groups in total. The molecule has 3 atom stereocenters. The van der Waals surface area contributed by atoms with Crippen LogP contribution >= 0.6 is 7.92 Å². The minimum atomic E-state index is -6.00. The molecule has 3 aromatic carbocycles. The van der Waals surface area contributed by atoms with Crippen molar-refractivity contribution in [3.05, 3.63) is 163 Å². The molecule has 1 nitrogen and oxygen atoms in total. The molecule has 275 valence electrons. The maximum Gasteiger partial charge on any atom is 3.00 e. The minimum absolute atomic E-state index is 0. The van der Waals surface area contributed by atoms with Crippen LogP contribution in [0.2, 0.25) is 0 Å². The Labute approximate surface area is 324 Å². The second kappa shape index (κ2) is 21.3. The summed E-state index contributed by atoms with van der Waals surface area (Å²) in [6.45, 7) is 10.7. The Morgan fingerprint density at radius 3 is 1.81 bits per heavy atom. The fourth-order valence-electron chi connectivity index (χ4n) is 7.11. The van der Waals surface area contributed by atoms with Gasteiger partial charge in [0, 0.05) is 11.8 Å². The van der Waals surface area contributed by atoms with Crippen molar-refractivity contribution in [3.63, 3.8) is 0 Å². The number of hydrogen-bond acceptors (Lipinski definition) is 1. The van der Waals surface area contributed by atoms with Crippen LogP contribution in [0.15, 0.2) is 121 Å². The zero-order valence-corrected chi connectivity index (χ0v) is 33.2. The van der Waals surface area contributed by atoms with E-state index >= 15 is 0 Å². The molecule has 52 heavy (non-hydrogen) atoms. The Balaban J connectivity index is 0.000000337. The average Bonchev–Trinajstić information content (AvgIpc) is 3.47. The van der Waals surface area contributed by atoms with Crippen LogP contribution in [0.1, 0.15) is 65.9 Å². The molecule has 3 aromatic rings. The number of fused-ring (bicyclic) bond motifs is 1. The van der Waals surface area contributed by atoms with Gasteiger partial charge in [-0.25, -0.2) is 0 Å². The first-order valence-corrected chi connectivity index (χ1v) is 19.4. The predicted molar refractivity (Wildman–Crippen MR) is 208 cm³/mol. The van der Waals surface area contributed by atoms with Crippen LogP contribution in [0, 0.1) is 59.8 Å². The Kier molecular flexibility index (Phi) is 18.0. The number of ketones is 1. The second-order valence-electron chi connectivity index (χ2n) is 13.8. The van der Waals surface area contributed by atoms with Gasteiger partial charge in [0.1, 0.15) is 0 Å². The van der Waals surface area contributed by atoms with Gasteiger partial charge in [-0.1, -0.05) is 131 Å². The summed E-state index contributed by atoms with van der Waals surface area (Å²) >= 11 is 0. The van der Waals surface area contributed by atoms with Gasteiger partial charge in [-0.2, -0.15) is 0 Å². The van der Waals surface area contributed by atoms with E-state index in [4.69, 9.17) is 0 Å². The molecule has 0 aromatic heterocycles. The first-order chi connectivity index (χ1) is 24.3. The van der Waals surface area contributed by atoms with E-state index < -0.39 is 7.25 Å². The standard InChI is InChI=1S/C33H38P.C11H11O.BF4.Rh/c1-24(2)29-19-18-25(3)22-32(29)33-23-26(30-16-10-11-17-31(30)33)20-21-34(27-12-6-4-7-13-27)28-14-8-5-9-15-28;1-9(10(2)12)8-11-6-4-3-5-7-11;2-1(3,4)5;/h4-17,23-25,29,32H,18-22H2,1-3H3;3-7H,1-2H3;;/q;2*-1;+3/t25-,29-,32-;;;/m1.../s1. The first kappa shape index (κ1) is 43.8. The fraction of sp³-hybridized carbons (Fsp3) is 0.318. The summed E-state index contributed by atoms with van der Waals surface area (Å²) in [4.78, 5) is 10.8. The van der Waals surface area contributed by atoms with Crippen molar-refractivity contribution in [2.45, 2.75) is 60.3 Å². The molecular weight excluding hydrogens is 765 g/mol. The number of halogens is 4. The first-order valence-electron chi connectivity index (χ1n) is 17.9. The van der Waals surface area contributed by atoms with E-state index in [0.29, 0.717) is 11.5 Å². The number of hydrogen-bond donors (Lipinski definition) is 0. The molecule has 5 radical (unpaired) electrons. The third kappa shape index (κ3) is 13.7. The zero-order chi connectivity index (χ0) is 37.0. The number of carbonyl (C=O) groups is 1. The maximum absolute atomic E-state index is 10.8. The summed E-state index contributed by atoms with van der Waals surface area (Å²) in [7, 11) is -6.36. The molecule has 0 saturated heterocycles. The van der Waals surface area contributed by atoms with E-state index in [1.165, 1.54) is 47.9 Å². The second-order valence-corrected chi connectivity index (χ2v) is 16.2. The van der Waals surface area contributed by atoms with Crippen LogP contribution in [-0.2, 0) is 24.3 Å². The molecule has 0 amide bonds. The number of benzene rings is 3. The van der Waals surface area contributed by atoms with Crippen LogP contribution in [0.4, 0.5) is 17.3 Å². The monoisotopic (exact) mass is 814 g/mol. The van der Waals surface area contributed by atoms with Crippen molar-refractivity contribution in [1.82, 2.24) is 0 Å². The summed E-state index contributed by atoms with van der Waals surface area (Å²) in [6, 6.07) is 32.0. The van der Waals surface area contributed by atoms with Gasteiger partial charge in [-0.3, -0.25) is 0 Å². The smallest absolute Gasteiger partial charge is 0.418 e. The van der Waals surface area contributed by atoms with Crippen LogP contribution in [0.25, 0.3) is 0 Å². The van der Waals surface area contributed by atoms with Crippen molar-refractivity contribution >= 4 is 31.6 Å². The van der Waals surface area contributed by atoms with Gasteiger partial charge in [-0.15, -0.1) is 35.9 Å². The van der Waals surface area contributed by atoms with E-state index in [1.54, 1.807) is 25.7 Å². The molecular formula is C44H49BF4OPRh+. The third-order valence-corrected chi connectivity index (χ3v) is 12.2. The number of Topliss-reactive ketones (excluding diaryl/α,β-unsaturated/α-hetero) is 1. The minimum Gasteiger partial charge on any atom is -0.418 e. The van der Waals surface area contributed by atoms with E-state index in [9.17, 15) is 22.1 Å². The van der Waals surface area contributed by atoms with E-state index in [-0.39, 0.29) is 33.2 Å². The molecule has 3 aliphatic carbocycles. The molecule has 2 fully saturated rings. The SMILES string of the molecule is CC(=O)C(C)=[C-]c1ccccc1.CC(C)[C@H]1CC[C@@H](C)C[C@H]1[C]1[CH][C](CCP(c2ccccc2)c2ccccc2)[C]2C=CC=C[C]21.F[B-](F)(F)F.[Rh+3]. The quantitative estimate of drug-likeness (QED) is 0.0691. The van der Waals surface area contributed by atoms with Crippen molar-refractivity contribution < 1.29 is 41.5 Å². The molecule has 0 heterocycles. The molecule has 2 saturated carbocycles. The van der Waals surface area contributed by atoms with Crippen LogP contribution in [-0.4, -0.2) is 19.2 Å². The topological polar surface area (TPSA) is 17.1 Å². The van der Waals surface area contributed by atoms with Crippen LogP contribution in [0.3, 0.4) is 0 Å². The predicted octanol–water partition coefficient (Wildman–Crippen LogP) is 11.5. The number of allylic oxidation sites excluding steroid dienone is 5. The van der Waals surface area contributed by atoms with Gasteiger partial charge in [0.05, 0.1) is 5.78 Å². The number of carbonyl (C=O) groups excluding carboxylic acids is 1. The summed E-state index contributed by atoms with van der Waals surface area (Å²) in [5, 5.41) is 2.97. The Morgan fingerprint density at radius 1 is 0.808 bits per heavy atom. The fourth-order valence-corrected chi connectivity index (χ4v) is 9.46. The van der Waals surface area contributed by atoms with Gasteiger partial charge in [-0.05, 0) is 92.8 Å². The average molecular weight is 815 g/mol. The van der Waals surface area contributed by atoms with Crippen molar-refractivity contribution in [3.8, 4) is 0 Å². The summed E-state index contributed by atoms with van der Waals surface area (Å²) < 4.78 is 39.0. The van der Waals surface area contributed by atoms with Crippen molar-refractivity contribution in [2.24, 2.45) is 23.7 Å². The van der Waals surface area contributed by atoms with Crippen molar-refractivity contribution in [1.29, 1.82) is 0 Å². The van der Waals surface area contributed by atoms with Gasteiger partial charge in [0.2, 0.25) is 0 Å². The summed E-state index contributed by atoms with van der Waals surface area (Å²) in [6.07, 6.45) is 21.3. The van der Waals surface area contributed by atoms with E-state index in [1.807, 2.05) is 30.3 Å². The van der Waals surface area contributed by atoms with Gasteiger partial charge < -0.3 is 22.1 Å². The van der Waals surface area contributed by atoms with Crippen molar-refractivity contribution in [2.75, 3.05) is 6.16 Å². The van der Waals surface area contributed by atoms with Gasteiger partial charge in [0.15, 0.2) is 0 Å². The van der Waals surface area contributed by atoms with Gasteiger partial charge in [0.25, 0.3) is 0 Å². The normalized spacial score (nSPS) is 21.1. The Hall–Kier alpha value is -2.61. The molecule has 0 unspecified atom stereocenters. The number of rotatable bonds is 9. The Morgan fingerprint density at radius 2 is 1.31 bits per heavy atom. The molecule has 8 heteroatoms. The Bertz CT molecular complexity index is 1530. The van der Waals surface area contributed by atoms with Gasteiger partial charge >= 0.3 is 26.7 Å². The summed E-state index contributed by atoms with van der Waals surface area (Å²) in [5.74, 6) is 9.37. The molecule has 3 aliphatic rings. The molecule has 0 bridgehead atoms. The van der Waals surface area contributed by atoms with E-state index in [2.05, 4.69) is 118 Å². The van der Waals surface area contributed by atoms with Crippen LogP contribution < -0.4 is 10.6 Å². The maximum atomic E-state index is 10.8. The molecule has 0 aliphatic heterocycles. The van der Waals surface area contributed by atoms with Crippen LogP contribution in [0.5, 0.6) is 0 Å². The van der Waals surface area contributed by atoms with E-state index in [0.717, 1.165) is 29.7 Å². The zero-order valence-electron chi connectivity index (χ0n) is 30.7. The third-order valence-electron chi connectivity index (χ3n) is 9.71. The molecule has 0 spiro atoms.